The van der Waals surface area contributed by atoms with Gasteiger partial charge in [-0.1, -0.05) is 11.6 Å². The Balaban J connectivity index is 2.90. The molecule has 0 N–H and O–H groups in total. The molecule has 18 heavy (non-hydrogen) atoms. The van der Waals surface area contributed by atoms with Crippen molar-refractivity contribution in [1.29, 1.82) is 5.26 Å². The first-order valence-corrected chi connectivity index (χ1v) is 6.01. The molecule has 1 amide bonds. The summed E-state index contributed by atoms with van der Waals surface area (Å²) in [6.45, 7) is 4.35. The van der Waals surface area contributed by atoms with E-state index in [4.69, 9.17) is 16.9 Å². The smallest absolute Gasteiger partial charge is 0.253 e. The topological polar surface area (TPSA) is 44.1 Å². The van der Waals surface area contributed by atoms with Crippen LogP contribution in [0.4, 0.5) is 4.39 Å². The van der Waals surface area contributed by atoms with Gasteiger partial charge in [0.2, 0.25) is 0 Å². The van der Waals surface area contributed by atoms with Crippen LogP contribution in [0, 0.1) is 23.1 Å². The average Bonchev–Trinajstić information content (AvgIpc) is 2.38. The summed E-state index contributed by atoms with van der Waals surface area (Å²) in [6, 6.07) is 6.02. The van der Waals surface area contributed by atoms with E-state index in [1.165, 1.54) is 17.0 Å². The third-order valence-corrected chi connectivity index (χ3v) is 2.86. The molecule has 0 radical (unpaired) electrons. The zero-order valence-electron chi connectivity index (χ0n) is 10.3. The minimum absolute atomic E-state index is 0.0139. The van der Waals surface area contributed by atoms with Crippen LogP contribution in [-0.4, -0.2) is 23.9 Å². The van der Waals surface area contributed by atoms with E-state index in [1.54, 1.807) is 6.92 Å². The monoisotopic (exact) mass is 268 g/mol. The van der Waals surface area contributed by atoms with Gasteiger partial charge in [0.15, 0.2) is 0 Å². The molecule has 0 spiro atoms. The van der Waals surface area contributed by atoms with E-state index in [0.29, 0.717) is 13.1 Å². The summed E-state index contributed by atoms with van der Waals surface area (Å²) in [5.74, 6) is -1.17. The molecule has 3 nitrogen and oxygen atoms in total. The molecule has 1 aromatic carbocycles. The third kappa shape index (κ3) is 3.44. The molecule has 1 aromatic rings. The standard InChI is InChI=1S/C13H14ClFN2O/c1-3-17(8-9(2)7-16)13(18)10-4-5-11(14)12(15)6-10/h4-6,9H,3,8H2,1-2H3. The molecule has 96 valence electrons. The number of nitriles is 1. The molecular formula is C13H14ClFN2O. The third-order valence-electron chi connectivity index (χ3n) is 2.55. The maximum absolute atomic E-state index is 13.3. The highest BCUT2D eigenvalue weighted by Crippen LogP contribution is 2.17. The number of nitrogens with zero attached hydrogens (tertiary/aromatic N) is 2. The van der Waals surface area contributed by atoms with Crippen molar-refractivity contribution in [1.82, 2.24) is 4.90 Å². The Morgan fingerprint density at radius 1 is 1.61 bits per heavy atom. The molecule has 1 rings (SSSR count). The Kier molecular flexibility index (Phi) is 5.11. The molecule has 0 aliphatic carbocycles. The number of hydrogen-bond acceptors (Lipinski definition) is 2. The number of hydrogen-bond donors (Lipinski definition) is 0. The minimum atomic E-state index is -0.619. The zero-order chi connectivity index (χ0) is 13.7. The number of carbonyl (C=O) groups excluding carboxylic acids is 1. The van der Waals surface area contributed by atoms with Crippen LogP contribution in [0.5, 0.6) is 0 Å². The SMILES string of the molecule is CCN(CC(C)C#N)C(=O)c1ccc(Cl)c(F)c1. The van der Waals surface area contributed by atoms with Gasteiger partial charge in [0, 0.05) is 18.7 Å². The van der Waals surface area contributed by atoms with Gasteiger partial charge in [-0.05, 0) is 32.0 Å². The highest BCUT2D eigenvalue weighted by atomic mass is 35.5. The van der Waals surface area contributed by atoms with Gasteiger partial charge in [-0.3, -0.25) is 4.79 Å². The van der Waals surface area contributed by atoms with Crippen LogP contribution in [0.3, 0.4) is 0 Å². The fourth-order valence-electron chi connectivity index (χ4n) is 1.54. The predicted molar refractivity (Wildman–Crippen MR) is 67.8 cm³/mol. The number of halogens is 2. The molecule has 0 heterocycles. The lowest BCUT2D eigenvalue weighted by Gasteiger charge is -2.22. The molecule has 0 aromatic heterocycles. The van der Waals surface area contributed by atoms with Crippen molar-refractivity contribution in [3.63, 3.8) is 0 Å². The number of carbonyl (C=O) groups is 1. The van der Waals surface area contributed by atoms with Gasteiger partial charge in [0.05, 0.1) is 17.0 Å². The maximum Gasteiger partial charge on any atom is 0.253 e. The minimum Gasteiger partial charge on any atom is -0.338 e. The fraction of sp³-hybridized carbons (Fsp3) is 0.385. The van der Waals surface area contributed by atoms with Gasteiger partial charge in [0.1, 0.15) is 5.82 Å². The molecule has 0 saturated carbocycles. The maximum atomic E-state index is 13.3. The van der Waals surface area contributed by atoms with Crippen molar-refractivity contribution in [2.24, 2.45) is 5.92 Å². The summed E-state index contributed by atoms with van der Waals surface area (Å²) < 4.78 is 13.3. The lowest BCUT2D eigenvalue weighted by atomic mass is 10.1. The second-order valence-corrected chi connectivity index (χ2v) is 4.41. The van der Waals surface area contributed by atoms with Crippen molar-refractivity contribution in [2.45, 2.75) is 13.8 Å². The van der Waals surface area contributed by atoms with E-state index < -0.39 is 5.82 Å². The van der Waals surface area contributed by atoms with Gasteiger partial charge >= 0.3 is 0 Å². The Labute approximate surface area is 111 Å². The van der Waals surface area contributed by atoms with Crippen LogP contribution in [-0.2, 0) is 0 Å². The molecule has 0 saturated heterocycles. The number of rotatable bonds is 4. The molecule has 0 fully saturated rings. The largest absolute Gasteiger partial charge is 0.338 e. The van der Waals surface area contributed by atoms with Gasteiger partial charge in [-0.2, -0.15) is 5.26 Å². The Bertz CT molecular complexity index is 484. The van der Waals surface area contributed by atoms with Crippen molar-refractivity contribution < 1.29 is 9.18 Å². The normalized spacial score (nSPS) is 11.7. The summed E-state index contributed by atoms with van der Waals surface area (Å²) >= 11 is 5.56. The number of amides is 1. The molecule has 1 atom stereocenters. The van der Waals surface area contributed by atoms with E-state index >= 15 is 0 Å². The van der Waals surface area contributed by atoms with Crippen LogP contribution in [0.1, 0.15) is 24.2 Å². The van der Waals surface area contributed by atoms with Crippen LogP contribution in [0.2, 0.25) is 5.02 Å². The van der Waals surface area contributed by atoms with E-state index in [0.717, 1.165) is 6.07 Å². The molecule has 0 bridgehead atoms. The summed E-state index contributed by atoms with van der Waals surface area (Å²) in [5, 5.41) is 8.73. The summed E-state index contributed by atoms with van der Waals surface area (Å²) in [5.41, 5.74) is 0.240. The van der Waals surface area contributed by atoms with E-state index in [1.807, 2.05) is 6.92 Å². The van der Waals surface area contributed by atoms with Gasteiger partial charge in [0.25, 0.3) is 5.91 Å². The second kappa shape index (κ2) is 6.36. The molecular weight excluding hydrogens is 255 g/mol. The van der Waals surface area contributed by atoms with Crippen LogP contribution in [0.15, 0.2) is 18.2 Å². The number of benzene rings is 1. The van der Waals surface area contributed by atoms with Crippen LogP contribution in [0.25, 0.3) is 0 Å². The van der Waals surface area contributed by atoms with Crippen molar-refractivity contribution in [3.8, 4) is 6.07 Å². The Morgan fingerprint density at radius 3 is 2.78 bits per heavy atom. The van der Waals surface area contributed by atoms with Crippen LogP contribution >= 0.6 is 11.6 Å². The Hall–Kier alpha value is -1.60. The second-order valence-electron chi connectivity index (χ2n) is 4.00. The summed E-state index contributed by atoms with van der Waals surface area (Å²) in [7, 11) is 0. The zero-order valence-corrected chi connectivity index (χ0v) is 11.0. The van der Waals surface area contributed by atoms with E-state index in [9.17, 15) is 9.18 Å². The molecule has 5 heteroatoms. The predicted octanol–water partition coefficient (Wildman–Crippen LogP) is 3.10. The molecule has 0 aliphatic rings. The van der Waals surface area contributed by atoms with E-state index in [2.05, 4.69) is 6.07 Å². The van der Waals surface area contributed by atoms with Crippen molar-refractivity contribution in [3.05, 3.63) is 34.6 Å². The highest BCUT2D eigenvalue weighted by molar-refractivity contribution is 6.30. The first-order valence-electron chi connectivity index (χ1n) is 5.63. The molecule has 0 aliphatic heterocycles. The first kappa shape index (κ1) is 14.5. The van der Waals surface area contributed by atoms with E-state index in [-0.39, 0.29) is 22.4 Å². The Morgan fingerprint density at radius 2 is 2.28 bits per heavy atom. The van der Waals surface area contributed by atoms with Crippen LogP contribution < -0.4 is 0 Å². The summed E-state index contributed by atoms with van der Waals surface area (Å²) in [6.07, 6.45) is 0. The molecule has 1 unspecified atom stereocenters. The quantitative estimate of drug-likeness (QED) is 0.842. The van der Waals surface area contributed by atoms with Gasteiger partial charge in [-0.25, -0.2) is 4.39 Å². The first-order chi connectivity index (χ1) is 8.49. The lowest BCUT2D eigenvalue weighted by Crippen LogP contribution is -2.34. The van der Waals surface area contributed by atoms with Crippen molar-refractivity contribution in [2.75, 3.05) is 13.1 Å². The van der Waals surface area contributed by atoms with Gasteiger partial charge in [-0.15, -0.1) is 0 Å². The summed E-state index contributed by atoms with van der Waals surface area (Å²) in [4.78, 5) is 13.6. The highest BCUT2D eigenvalue weighted by Gasteiger charge is 2.17. The average molecular weight is 269 g/mol. The van der Waals surface area contributed by atoms with Crippen molar-refractivity contribution >= 4 is 17.5 Å². The van der Waals surface area contributed by atoms with Gasteiger partial charge < -0.3 is 4.90 Å². The lowest BCUT2D eigenvalue weighted by molar-refractivity contribution is 0.0752. The fourth-order valence-corrected chi connectivity index (χ4v) is 1.66.